The number of halogens is 5. The molecule has 150 valence electrons. The zero-order chi connectivity index (χ0) is 19.3. The van der Waals surface area contributed by atoms with Crippen LogP contribution in [-0.2, 0) is 12.1 Å². The molecule has 0 saturated heterocycles. The van der Waals surface area contributed by atoms with Gasteiger partial charge in [0.05, 0.1) is 18.7 Å². The Labute approximate surface area is 175 Å². The second kappa shape index (κ2) is 10.2. The van der Waals surface area contributed by atoms with Crippen molar-refractivity contribution in [3.63, 3.8) is 0 Å². The van der Waals surface area contributed by atoms with Crippen LogP contribution in [0.3, 0.4) is 0 Å². The van der Waals surface area contributed by atoms with Gasteiger partial charge in [0.1, 0.15) is 5.60 Å². The van der Waals surface area contributed by atoms with Gasteiger partial charge in [0.25, 0.3) is 0 Å². The molecular formula is C17H20F4IN3OS. The van der Waals surface area contributed by atoms with E-state index in [2.05, 4.69) is 15.6 Å². The Kier molecular flexibility index (Phi) is 8.95. The molecule has 0 bridgehead atoms. The zero-order valence-electron chi connectivity index (χ0n) is 14.7. The molecule has 0 fully saturated rings. The molecule has 0 spiro atoms. The van der Waals surface area contributed by atoms with Crippen LogP contribution in [-0.4, -0.2) is 24.2 Å². The Morgan fingerprint density at radius 3 is 2.33 bits per heavy atom. The second-order valence-electron chi connectivity index (χ2n) is 5.78. The SMILES string of the molecule is CCNC(=NCc1c(F)c(F)cc(F)c1F)NCC(C)(O)c1ccsc1.I. The number of thiophene rings is 1. The fourth-order valence-corrected chi connectivity index (χ4v) is 2.97. The van der Waals surface area contributed by atoms with Gasteiger partial charge >= 0.3 is 0 Å². The molecule has 0 amide bonds. The van der Waals surface area contributed by atoms with Crippen LogP contribution >= 0.6 is 35.3 Å². The lowest BCUT2D eigenvalue weighted by molar-refractivity contribution is 0.0621. The second-order valence-corrected chi connectivity index (χ2v) is 6.56. The highest BCUT2D eigenvalue weighted by Crippen LogP contribution is 2.22. The van der Waals surface area contributed by atoms with Crippen LogP contribution in [0.4, 0.5) is 17.6 Å². The van der Waals surface area contributed by atoms with E-state index in [0.717, 1.165) is 0 Å². The van der Waals surface area contributed by atoms with Crippen molar-refractivity contribution < 1.29 is 22.7 Å². The first kappa shape index (κ1) is 23.6. The third-order valence-corrected chi connectivity index (χ3v) is 4.37. The van der Waals surface area contributed by atoms with Crippen LogP contribution < -0.4 is 10.6 Å². The number of aliphatic imine (C=N–C) groups is 1. The zero-order valence-corrected chi connectivity index (χ0v) is 17.8. The monoisotopic (exact) mass is 517 g/mol. The van der Waals surface area contributed by atoms with E-state index < -0.39 is 41.0 Å². The van der Waals surface area contributed by atoms with Gasteiger partial charge in [-0.1, -0.05) is 0 Å². The third kappa shape index (κ3) is 6.04. The lowest BCUT2D eigenvalue weighted by atomic mass is 9.99. The van der Waals surface area contributed by atoms with Gasteiger partial charge in [-0.25, -0.2) is 22.6 Å². The Morgan fingerprint density at radius 1 is 1.19 bits per heavy atom. The van der Waals surface area contributed by atoms with Crippen molar-refractivity contribution >= 4 is 41.3 Å². The highest BCUT2D eigenvalue weighted by molar-refractivity contribution is 14.0. The number of guanidine groups is 1. The minimum Gasteiger partial charge on any atom is -0.384 e. The minimum absolute atomic E-state index is 0. The van der Waals surface area contributed by atoms with Crippen molar-refractivity contribution in [2.24, 2.45) is 4.99 Å². The summed E-state index contributed by atoms with van der Waals surface area (Å²) in [7, 11) is 0. The number of nitrogens with one attached hydrogen (secondary N) is 2. The molecule has 2 rings (SSSR count). The Bertz CT molecular complexity index is 759. The summed E-state index contributed by atoms with van der Waals surface area (Å²) < 4.78 is 53.9. The molecule has 1 atom stereocenters. The first-order valence-corrected chi connectivity index (χ1v) is 8.79. The summed E-state index contributed by atoms with van der Waals surface area (Å²) >= 11 is 1.44. The lowest BCUT2D eigenvalue weighted by Gasteiger charge is -2.24. The topological polar surface area (TPSA) is 56.7 Å². The van der Waals surface area contributed by atoms with Gasteiger partial charge in [-0.3, -0.25) is 0 Å². The molecule has 3 N–H and O–H groups in total. The van der Waals surface area contributed by atoms with E-state index in [1.807, 2.05) is 5.38 Å². The van der Waals surface area contributed by atoms with E-state index >= 15 is 0 Å². The first-order chi connectivity index (χ1) is 12.3. The molecule has 1 unspecified atom stereocenters. The van der Waals surface area contributed by atoms with Gasteiger partial charge in [-0.05, 0) is 36.2 Å². The number of hydrogen-bond donors (Lipinski definition) is 3. The summed E-state index contributed by atoms with van der Waals surface area (Å²) in [4.78, 5) is 3.94. The fraction of sp³-hybridized carbons (Fsp3) is 0.353. The molecule has 0 radical (unpaired) electrons. The quantitative estimate of drug-likeness (QED) is 0.179. The number of rotatable bonds is 6. The van der Waals surface area contributed by atoms with Gasteiger partial charge < -0.3 is 15.7 Å². The largest absolute Gasteiger partial charge is 0.384 e. The van der Waals surface area contributed by atoms with Crippen LogP contribution in [0.15, 0.2) is 27.9 Å². The van der Waals surface area contributed by atoms with Crippen molar-refractivity contribution in [1.29, 1.82) is 0 Å². The molecule has 0 aliphatic carbocycles. The lowest BCUT2D eigenvalue weighted by Crippen LogP contribution is -2.44. The van der Waals surface area contributed by atoms with Crippen molar-refractivity contribution in [3.8, 4) is 0 Å². The van der Waals surface area contributed by atoms with Crippen LogP contribution in [0.2, 0.25) is 0 Å². The number of hydrogen-bond acceptors (Lipinski definition) is 3. The minimum atomic E-state index is -1.48. The van der Waals surface area contributed by atoms with E-state index in [4.69, 9.17) is 0 Å². The van der Waals surface area contributed by atoms with Gasteiger partial charge in [0.2, 0.25) is 0 Å². The maximum Gasteiger partial charge on any atom is 0.191 e. The Hall–Kier alpha value is -1.40. The molecule has 0 aliphatic heterocycles. The molecule has 2 aromatic rings. The number of aliphatic hydroxyl groups is 1. The maximum atomic E-state index is 13.7. The smallest absolute Gasteiger partial charge is 0.191 e. The van der Waals surface area contributed by atoms with E-state index in [-0.39, 0.29) is 42.5 Å². The van der Waals surface area contributed by atoms with Crippen molar-refractivity contribution in [3.05, 3.63) is 57.3 Å². The predicted octanol–water partition coefficient (Wildman–Crippen LogP) is 3.89. The summed E-state index contributed by atoms with van der Waals surface area (Å²) in [5, 5.41) is 19.8. The Balaban J connectivity index is 0.00000364. The fourth-order valence-electron chi connectivity index (χ4n) is 2.19. The molecule has 27 heavy (non-hydrogen) atoms. The highest BCUT2D eigenvalue weighted by atomic mass is 127. The average molecular weight is 517 g/mol. The summed E-state index contributed by atoms with van der Waals surface area (Å²) in [6, 6.07) is 1.93. The molecule has 4 nitrogen and oxygen atoms in total. The maximum absolute atomic E-state index is 13.7. The predicted molar refractivity (Wildman–Crippen MR) is 108 cm³/mol. The number of benzene rings is 1. The summed E-state index contributed by atoms with van der Waals surface area (Å²) in [6.07, 6.45) is 0. The van der Waals surface area contributed by atoms with Gasteiger partial charge in [0.15, 0.2) is 29.2 Å². The van der Waals surface area contributed by atoms with Crippen LogP contribution in [0.25, 0.3) is 0 Å². The van der Waals surface area contributed by atoms with E-state index in [1.54, 1.807) is 25.3 Å². The van der Waals surface area contributed by atoms with Crippen molar-refractivity contribution in [2.45, 2.75) is 26.0 Å². The van der Waals surface area contributed by atoms with E-state index in [0.29, 0.717) is 12.1 Å². The van der Waals surface area contributed by atoms with E-state index in [1.165, 1.54) is 11.3 Å². The molecule has 1 heterocycles. The third-order valence-electron chi connectivity index (χ3n) is 3.69. The van der Waals surface area contributed by atoms with Gasteiger partial charge in [0, 0.05) is 12.6 Å². The standard InChI is InChI=1S/C17H19F4N3OS.HI/c1-3-22-16(24-9-17(2,25)10-4-5-26-8-10)23-7-11-14(20)12(18)6-13(19)15(11)21;/h4-6,8,25H,3,7,9H2,1-2H3,(H2,22,23,24);1H. The molecule has 10 heteroatoms. The number of nitrogens with zero attached hydrogens (tertiary/aromatic N) is 1. The molecule has 0 aliphatic rings. The van der Waals surface area contributed by atoms with Crippen LogP contribution in [0, 0.1) is 23.3 Å². The summed E-state index contributed by atoms with van der Waals surface area (Å²) in [6.45, 7) is 3.28. The highest BCUT2D eigenvalue weighted by Gasteiger charge is 2.24. The average Bonchev–Trinajstić information content (AvgIpc) is 3.13. The van der Waals surface area contributed by atoms with Gasteiger partial charge in [-0.15, -0.1) is 24.0 Å². The molecule has 1 aromatic carbocycles. The van der Waals surface area contributed by atoms with Gasteiger partial charge in [-0.2, -0.15) is 11.3 Å². The van der Waals surface area contributed by atoms with Crippen LogP contribution in [0.5, 0.6) is 0 Å². The first-order valence-electron chi connectivity index (χ1n) is 7.85. The molecule has 1 aromatic heterocycles. The molecule has 0 saturated carbocycles. The molecular weight excluding hydrogens is 497 g/mol. The van der Waals surface area contributed by atoms with Crippen molar-refractivity contribution in [1.82, 2.24) is 10.6 Å². The van der Waals surface area contributed by atoms with E-state index in [9.17, 15) is 22.7 Å². The van der Waals surface area contributed by atoms with Crippen molar-refractivity contribution in [2.75, 3.05) is 13.1 Å². The summed E-state index contributed by atoms with van der Waals surface area (Å²) in [5.74, 6) is -5.77. The normalized spacial score (nSPS) is 13.7. The summed E-state index contributed by atoms with van der Waals surface area (Å²) in [5.41, 5.74) is -1.29. The Morgan fingerprint density at radius 2 is 1.81 bits per heavy atom. The van der Waals surface area contributed by atoms with Crippen LogP contribution in [0.1, 0.15) is 25.0 Å².